The average Bonchev–Trinajstić information content (AvgIpc) is 3.40. The molecular weight excluding hydrogens is 368 g/mol. The van der Waals surface area contributed by atoms with Crippen LogP contribution >= 0.6 is 11.3 Å². The van der Waals surface area contributed by atoms with Gasteiger partial charge in [-0.15, -0.1) is 11.3 Å². The minimum Gasteiger partial charge on any atom is -0.354 e. The lowest BCUT2D eigenvalue weighted by atomic mass is 9.91. The zero-order valence-electron chi connectivity index (χ0n) is 15.6. The van der Waals surface area contributed by atoms with Crippen LogP contribution in [0.4, 0.5) is 5.82 Å². The topological polar surface area (TPSA) is 58.1 Å². The molecule has 3 aromatic rings. The highest BCUT2D eigenvalue weighted by molar-refractivity contribution is 7.17. The average molecular weight is 391 g/mol. The van der Waals surface area contributed by atoms with Crippen LogP contribution in [0.2, 0.25) is 0 Å². The fourth-order valence-electron chi connectivity index (χ4n) is 4.72. The number of carbonyl (C=O) groups is 1. The summed E-state index contributed by atoms with van der Waals surface area (Å²) in [4.78, 5) is 25.8. The molecule has 3 fully saturated rings. The van der Waals surface area contributed by atoms with Gasteiger partial charge in [0.15, 0.2) is 0 Å². The number of carbonyl (C=O) groups excluding carboxylic acids is 1. The minimum atomic E-state index is 0.0851. The van der Waals surface area contributed by atoms with Gasteiger partial charge in [0.1, 0.15) is 16.5 Å². The monoisotopic (exact) mass is 390 g/mol. The molecule has 1 N–H and O–H groups in total. The Bertz CT molecular complexity index is 1060. The number of aromatic nitrogens is 2. The van der Waals surface area contributed by atoms with Crippen molar-refractivity contribution in [2.24, 2.45) is 5.92 Å². The molecule has 3 aliphatic rings. The van der Waals surface area contributed by atoms with Gasteiger partial charge in [-0.1, -0.05) is 30.3 Å². The third-order valence-corrected chi connectivity index (χ3v) is 7.20. The molecule has 2 atom stereocenters. The van der Waals surface area contributed by atoms with E-state index in [1.54, 1.807) is 11.3 Å². The van der Waals surface area contributed by atoms with E-state index in [4.69, 9.17) is 9.97 Å². The van der Waals surface area contributed by atoms with Gasteiger partial charge in [0, 0.05) is 30.0 Å². The van der Waals surface area contributed by atoms with Crippen LogP contribution in [0.25, 0.3) is 21.3 Å². The molecular formula is C22H22N4OS. The Morgan fingerprint density at radius 1 is 1.11 bits per heavy atom. The molecule has 0 spiro atoms. The number of thiophene rings is 1. The summed E-state index contributed by atoms with van der Waals surface area (Å²) in [5, 5.41) is 6.45. The summed E-state index contributed by atoms with van der Waals surface area (Å²) < 4.78 is 0. The van der Waals surface area contributed by atoms with Crippen molar-refractivity contribution in [2.45, 2.75) is 37.6 Å². The van der Waals surface area contributed by atoms with Crippen molar-refractivity contribution in [3.8, 4) is 11.1 Å². The predicted molar refractivity (Wildman–Crippen MR) is 112 cm³/mol. The molecule has 1 amide bonds. The quantitative estimate of drug-likeness (QED) is 0.736. The van der Waals surface area contributed by atoms with Gasteiger partial charge in [0.05, 0.1) is 17.3 Å². The molecule has 1 saturated carbocycles. The highest BCUT2D eigenvalue weighted by atomic mass is 32.1. The van der Waals surface area contributed by atoms with Crippen molar-refractivity contribution in [3.05, 3.63) is 41.5 Å². The van der Waals surface area contributed by atoms with Crippen LogP contribution < -0.4 is 10.2 Å². The molecule has 6 rings (SSSR count). The molecule has 1 aromatic carbocycles. The van der Waals surface area contributed by atoms with Gasteiger partial charge in [0.25, 0.3) is 0 Å². The Labute approximate surface area is 167 Å². The predicted octanol–water partition coefficient (Wildman–Crippen LogP) is 3.95. The fourth-order valence-corrected chi connectivity index (χ4v) is 5.66. The zero-order valence-corrected chi connectivity index (χ0v) is 16.4. The summed E-state index contributed by atoms with van der Waals surface area (Å²) in [6.07, 6.45) is 4.39. The second kappa shape index (κ2) is 6.27. The molecule has 0 bridgehead atoms. The lowest BCUT2D eigenvalue weighted by Gasteiger charge is -2.37. The van der Waals surface area contributed by atoms with E-state index in [9.17, 15) is 4.79 Å². The van der Waals surface area contributed by atoms with E-state index in [1.165, 1.54) is 24.0 Å². The number of piperidine rings is 1. The van der Waals surface area contributed by atoms with Crippen molar-refractivity contribution >= 4 is 33.3 Å². The summed E-state index contributed by atoms with van der Waals surface area (Å²) in [6, 6.07) is 10.7. The van der Waals surface area contributed by atoms with Crippen LogP contribution in [-0.4, -0.2) is 35.0 Å². The number of anilines is 1. The maximum Gasteiger partial charge on any atom is 0.225 e. The first kappa shape index (κ1) is 16.5. The molecule has 1 aliphatic carbocycles. The van der Waals surface area contributed by atoms with E-state index in [0.29, 0.717) is 5.92 Å². The van der Waals surface area contributed by atoms with Gasteiger partial charge in [-0.2, -0.15) is 0 Å². The minimum absolute atomic E-state index is 0.0851. The Balaban J connectivity index is 1.55. The maximum absolute atomic E-state index is 12.3. The first-order valence-electron chi connectivity index (χ1n) is 10.2. The van der Waals surface area contributed by atoms with Gasteiger partial charge < -0.3 is 10.2 Å². The number of hydrogen-bond donors (Lipinski definition) is 1. The number of nitrogens with one attached hydrogen (secondary N) is 1. The Morgan fingerprint density at radius 2 is 1.96 bits per heavy atom. The van der Waals surface area contributed by atoms with Gasteiger partial charge in [-0.25, -0.2) is 9.97 Å². The molecule has 142 valence electrons. The van der Waals surface area contributed by atoms with Crippen molar-refractivity contribution in [1.82, 2.24) is 15.3 Å². The van der Waals surface area contributed by atoms with E-state index < -0.39 is 0 Å². The third-order valence-electron chi connectivity index (χ3n) is 6.33. The second-order valence-electron chi connectivity index (χ2n) is 8.13. The zero-order chi connectivity index (χ0) is 18.7. The fraction of sp³-hybridized carbons (Fsp3) is 0.409. The SMILES string of the molecule is O=C1NC[C@@H]2[C@H]1CCCN2c1nc(C2CC2)nc2scc(-c3ccccc3)c12. The molecule has 28 heavy (non-hydrogen) atoms. The van der Waals surface area contributed by atoms with E-state index >= 15 is 0 Å². The van der Waals surface area contributed by atoms with Crippen LogP contribution in [-0.2, 0) is 4.79 Å². The lowest BCUT2D eigenvalue weighted by molar-refractivity contribution is -0.122. The summed E-state index contributed by atoms with van der Waals surface area (Å²) in [5.41, 5.74) is 2.41. The number of nitrogens with zero attached hydrogens (tertiary/aromatic N) is 3. The summed E-state index contributed by atoms with van der Waals surface area (Å²) in [5.74, 6) is 2.83. The smallest absolute Gasteiger partial charge is 0.225 e. The van der Waals surface area contributed by atoms with Crippen molar-refractivity contribution in [1.29, 1.82) is 0 Å². The molecule has 0 unspecified atom stereocenters. The molecule has 2 saturated heterocycles. The van der Waals surface area contributed by atoms with Crippen molar-refractivity contribution < 1.29 is 4.79 Å². The second-order valence-corrected chi connectivity index (χ2v) is 8.99. The van der Waals surface area contributed by atoms with E-state index in [-0.39, 0.29) is 17.9 Å². The Kier molecular flexibility index (Phi) is 3.69. The normalized spacial score (nSPS) is 24.4. The van der Waals surface area contributed by atoms with Gasteiger partial charge in [-0.05, 0) is 31.2 Å². The molecule has 0 radical (unpaired) electrons. The Hall–Kier alpha value is -2.47. The summed E-state index contributed by atoms with van der Waals surface area (Å²) >= 11 is 1.71. The number of benzene rings is 1. The van der Waals surface area contributed by atoms with E-state index in [1.807, 2.05) is 6.07 Å². The molecule has 6 heteroatoms. The van der Waals surface area contributed by atoms with Crippen LogP contribution in [0.1, 0.15) is 37.4 Å². The molecule has 4 heterocycles. The largest absolute Gasteiger partial charge is 0.354 e. The van der Waals surface area contributed by atoms with E-state index in [0.717, 1.165) is 47.8 Å². The molecule has 2 aliphatic heterocycles. The maximum atomic E-state index is 12.3. The van der Waals surface area contributed by atoms with Gasteiger partial charge in [0.2, 0.25) is 5.91 Å². The Morgan fingerprint density at radius 3 is 2.79 bits per heavy atom. The van der Waals surface area contributed by atoms with Crippen LogP contribution in [0.5, 0.6) is 0 Å². The van der Waals surface area contributed by atoms with Crippen molar-refractivity contribution in [3.63, 3.8) is 0 Å². The van der Waals surface area contributed by atoms with Crippen LogP contribution in [0.3, 0.4) is 0 Å². The number of hydrogen-bond acceptors (Lipinski definition) is 5. The lowest BCUT2D eigenvalue weighted by Crippen LogP contribution is -2.46. The molecule has 5 nitrogen and oxygen atoms in total. The number of rotatable bonds is 3. The number of amides is 1. The summed E-state index contributed by atoms with van der Waals surface area (Å²) in [6.45, 7) is 1.68. The van der Waals surface area contributed by atoms with Crippen molar-refractivity contribution in [2.75, 3.05) is 18.0 Å². The van der Waals surface area contributed by atoms with Gasteiger partial charge >= 0.3 is 0 Å². The number of fused-ring (bicyclic) bond motifs is 2. The first-order chi connectivity index (χ1) is 13.8. The van der Waals surface area contributed by atoms with Gasteiger partial charge in [-0.3, -0.25) is 4.79 Å². The highest BCUT2D eigenvalue weighted by Crippen LogP contribution is 2.45. The highest BCUT2D eigenvalue weighted by Gasteiger charge is 2.42. The third kappa shape index (κ3) is 2.54. The summed E-state index contributed by atoms with van der Waals surface area (Å²) in [7, 11) is 0. The van der Waals surface area contributed by atoms with Crippen LogP contribution in [0.15, 0.2) is 35.7 Å². The van der Waals surface area contributed by atoms with E-state index in [2.05, 4.69) is 39.9 Å². The first-order valence-corrected chi connectivity index (χ1v) is 11.1. The molecule has 2 aromatic heterocycles. The van der Waals surface area contributed by atoms with Crippen LogP contribution in [0, 0.1) is 5.92 Å². The standard InChI is InChI=1S/C22H22N4OS/c27-21-15-7-4-10-26(17(15)11-23-21)20-18-16(13-5-2-1-3-6-13)12-28-22(18)25-19(24-20)14-8-9-14/h1-3,5-6,12,14-15,17H,4,7-11H2,(H,23,27)/t15-,17-/m1/s1.